The van der Waals surface area contributed by atoms with Gasteiger partial charge in [-0.05, 0) is 45.8 Å². The Morgan fingerprint density at radius 1 is 1.12 bits per heavy atom. The molecule has 2 heterocycles. The molecule has 4 rings (SSSR count). The molecule has 0 radical (unpaired) electrons. The van der Waals surface area contributed by atoms with Gasteiger partial charge in [0.2, 0.25) is 0 Å². The predicted octanol–water partition coefficient (Wildman–Crippen LogP) is 4.98. The van der Waals surface area contributed by atoms with Gasteiger partial charge in [0.05, 0.1) is 37.5 Å². The highest BCUT2D eigenvalue weighted by atomic mass is 16.5. The number of ether oxygens (including phenoxy) is 2. The quantitative estimate of drug-likeness (QED) is 0.466. The maximum atomic E-state index is 5.73. The summed E-state index contributed by atoms with van der Waals surface area (Å²) in [4.78, 5) is 13.7. The Morgan fingerprint density at radius 3 is 2.62 bits per heavy atom. The fourth-order valence-corrected chi connectivity index (χ4v) is 4.19. The van der Waals surface area contributed by atoms with Crippen molar-refractivity contribution in [2.24, 2.45) is 9.98 Å². The number of hydrogen-bond acceptors (Lipinski definition) is 7. The number of aryl methyl sites for hydroxylation is 1. The van der Waals surface area contributed by atoms with Gasteiger partial charge in [-0.25, -0.2) is 0 Å². The van der Waals surface area contributed by atoms with Gasteiger partial charge in [0.1, 0.15) is 11.5 Å². The van der Waals surface area contributed by atoms with Crippen LogP contribution in [-0.4, -0.2) is 61.5 Å². The highest BCUT2D eigenvalue weighted by Crippen LogP contribution is 2.42. The lowest BCUT2D eigenvalue weighted by atomic mass is 10.1. The van der Waals surface area contributed by atoms with E-state index in [1.165, 1.54) is 0 Å². The first-order valence-corrected chi connectivity index (χ1v) is 11.4. The molecule has 0 aliphatic carbocycles. The Balaban J connectivity index is 1.81. The van der Waals surface area contributed by atoms with Gasteiger partial charge in [0, 0.05) is 67.0 Å². The van der Waals surface area contributed by atoms with Gasteiger partial charge in [-0.15, -0.1) is 0 Å². The van der Waals surface area contributed by atoms with E-state index in [1.54, 1.807) is 14.2 Å². The summed E-state index contributed by atoms with van der Waals surface area (Å²) in [5.74, 6) is 1.58. The average Bonchev–Trinajstić information content (AvgIpc) is 3.27. The number of fused-ring (bicyclic) bond motifs is 1. The molecule has 1 aromatic heterocycles. The number of hydrogen-bond donors (Lipinski definition) is 0. The molecule has 0 N–H and O–H groups in total. The molecule has 0 spiro atoms. The Labute approximate surface area is 201 Å². The van der Waals surface area contributed by atoms with Gasteiger partial charge in [-0.3, -0.25) is 14.7 Å². The maximum absolute atomic E-state index is 5.73. The van der Waals surface area contributed by atoms with Gasteiger partial charge >= 0.3 is 0 Å². The standard InChI is InChI=1S/C26H32N6O2/c1-7-31-16-19(15-28-31)18(2)29-24-12-20(8-9-23(24)27-3)32-11-10-30(4)17-22-25(32)13-21(33-5)14-26(22)34-6/h8-9,12-16H,3,7,10-11,17H2,1-2,4-6H3/b29-18+. The van der Waals surface area contributed by atoms with E-state index in [4.69, 9.17) is 14.5 Å². The smallest absolute Gasteiger partial charge is 0.129 e. The first-order chi connectivity index (χ1) is 16.5. The minimum absolute atomic E-state index is 0.737. The van der Waals surface area contributed by atoms with Crippen molar-refractivity contribution in [1.82, 2.24) is 14.7 Å². The van der Waals surface area contributed by atoms with Crippen molar-refractivity contribution in [2.45, 2.75) is 26.9 Å². The van der Waals surface area contributed by atoms with Crippen molar-refractivity contribution in [3.8, 4) is 11.5 Å². The Bertz CT molecular complexity index is 1220. The molecule has 8 heteroatoms. The summed E-state index contributed by atoms with van der Waals surface area (Å²) >= 11 is 0. The Morgan fingerprint density at radius 2 is 1.94 bits per heavy atom. The second-order valence-electron chi connectivity index (χ2n) is 8.33. The average molecular weight is 461 g/mol. The predicted molar refractivity (Wildman–Crippen MR) is 138 cm³/mol. The van der Waals surface area contributed by atoms with Crippen LogP contribution < -0.4 is 14.4 Å². The van der Waals surface area contributed by atoms with E-state index in [-0.39, 0.29) is 0 Å². The molecule has 34 heavy (non-hydrogen) atoms. The van der Waals surface area contributed by atoms with E-state index >= 15 is 0 Å². The summed E-state index contributed by atoms with van der Waals surface area (Å²) in [5, 5.41) is 4.37. The number of aliphatic imine (C=N–C) groups is 2. The highest BCUT2D eigenvalue weighted by Gasteiger charge is 2.24. The largest absolute Gasteiger partial charge is 0.497 e. The Hall–Kier alpha value is -3.65. The molecule has 0 amide bonds. The summed E-state index contributed by atoms with van der Waals surface area (Å²) in [6.45, 7) is 11.1. The lowest BCUT2D eigenvalue weighted by molar-refractivity contribution is 0.332. The minimum Gasteiger partial charge on any atom is -0.497 e. The zero-order chi connectivity index (χ0) is 24.2. The lowest BCUT2D eigenvalue weighted by Gasteiger charge is -2.26. The van der Waals surface area contributed by atoms with E-state index in [0.29, 0.717) is 0 Å². The van der Waals surface area contributed by atoms with E-state index in [0.717, 1.165) is 77.3 Å². The third-order valence-corrected chi connectivity index (χ3v) is 6.14. The monoisotopic (exact) mass is 460 g/mol. The van der Waals surface area contributed by atoms with E-state index in [2.05, 4.69) is 58.8 Å². The van der Waals surface area contributed by atoms with Crippen LogP contribution in [-0.2, 0) is 13.1 Å². The van der Waals surface area contributed by atoms with Gasteiger partial charge in [-0.2, -0.15) is 5.10 Å². The molecule has 1 aliphatic rings. The SMILES string of the molecule is C=Nc1ccc(N2CCN(C)Cc3c(OC)cc(OC)cc32)cc1/N=C(\C)c1cnn(CC)c1. The number of nitrogens with zero attached hydrogens (tertiary/aromatic N) is 6. The van der Waals surface area contributed by atoms with Crippen molar-refractivity contribution >= 4 is 35.2 Å². The van der Waals surface area contributed by atoms with Crippen molar-refractivity contribution in [3.63, 3.8) is 0 Å². The summed E-state index contributed by atoms with van der Waals surface area (Å²) in [6, 6.07) is 10.1. The van der Waals surface area contributed by atoms with Crippen LogP contribution in [0.3, 0.4) is 0 Å². The van der Waals surface area contributed by atoms with Crippen molar-refractivity contribution in [3.05, 3.63) is 53.9 Å². The molecule has 1 aliphatic heterocycles. The van der Waals surface area contributed by atoms with Crippen molar-refractivity contribution < 1.29 is 9.47 Å². The fraction of sp³-hybridized carbons (Fsp3) is 0.346. The third kappa shape index (κ3) is 4.68. The molecule has 0 saturated carbocycles. The normalized spacial score (nSPS) is 14.5. The van der Waals surface area contributed by atoms with Crippen LogP contribution >= 0.6 is 0 Å². The van der Waals surface area contributed by atoms with Crippen LogP contribution in [0.15, 0.2) is 52.7 Å². The highest BCUT2D eigenvalue weighted by molar-refractivity contribution is 6.00. The number of anilines is 2. The zero-order valence-corrected chi connectivity index (χ0v) is 20.6. The molecule has 3 aromatic rings. The topological polar surface area (TPSA) is 67.5 Å². The molecule has 0 saturated heterocycles. The van der Waals surface area contributed by atoms with Crippen LogP contribution in [0, 0.1) is 0 Å². The van der Waals surface area contributed by atoms with Gasteiger partial charge in [-0.1, -0.05) is 0 Å². The number of benzene rings is 2. The molecule has 0 atom stereocenters. The van der Waals surface area contributed by atoms with Crippen LogP contribution in [0.25, 0.3) is 0 Å². The van der Waals surface area contributed by atoms with Gasteiger partial charge < -0.3 is 19.3 Å². The third-order valence-electron chi connectivity index (χ3n) is 6.14. The van der Waals surface area contributed by atoms with Crippen LogP contribution in [0.4, 0.5) is 22.7 Å². The van der Waals surface area contributed by atoms with Crippen molar-refractivity contribution in [2.75, 3.05) is 39.3 Å². The molecule has 2 aromatic carbocycles. The maximum Gasteiger partial charge on any atom is 0.129 e. The van der Waals surface area contributed by atoms with Gasteiger partial charge in [0.25, 0.3) is 0 Å². The van der Waals surface area contributed by atoms with E-state index < -0.39 is 0 Å². The number of likely N-dealkylation sites (N-methyl/N-ethyl adjacent to an activating group) is 1. The fourth-order valence-electron chi connectivity index (χ4n) is 4.19. The molecule has 0 bridgehead atoms. The first kappa shape index (κ1) is 23.5. The summed E-state index contributed by atoms with van der Waals surface area (Å²) in [5.41, 5.74) is 6.58. The van der Waals surface area contributed by atoms with Crippen LogP contribution in [0.2, 0.25) is 0 Å². The number of methoxy groups -OCH3 is 2. The summed E-state index contributed by atoms with van der Waals surface area (Å²) < 4.78 is 13.2. The van der Waals surface area contributed by atoms with Gasteiger partial charge in [0.15, 0.2) is 0 Å². The number of aromatic nitrogens is 2. The lowest BCUT2D eigenvalue weighted by Crippen LogP contribution is -2.26. The van der Waals surface area contributed by atoms with Crippen LogP contribution in [0.5, 0.6) is 11.5 Å². The summed E-state index contributed by atoms with van der Waals surface area (Å²) in [7, 11) is 5.50. The van der Waals surface area contributed by atoms with Crippen LogP contribution in [0.1, 0.15) is 25.0 Å². The van der Waals surface area contributed by atoms with E-state index in [9.17, 15) is 0 Å². The first-order valence-electron chi connectivity index (χ1n) is 11.4. The second kappa shape index (κ2) is 10.1. The summed E-state index contributed by atoms with van der Waals surface area (Å²) in [6.07, 6.45) is 3.84. The molecular formula is C26H32N6O2. The second-order valence-corrected chi connectivity index (χ2v) is 8.33. The molecule has 8 nitrogen and oxygen atoms in total. The molecule has 0 fully saturated rings. The molecule has 178 valence electrons. The number of rotatable bonds is 7. The minimum atomic E-state index is 0.737. The molecular weight excluding hydrogens is 428 g/mol. The van der Waals surface area contributed by atoms with E-state index in [1.807, 2.05) is 36.1 Å². The molecule has 0 unspecified atom stereocenters. The van der Waals surface area contributed by atoms with Crippen molar-refractivity contribution in [1.29, 1.82) is 0 Å². The zero-order valence-electron chi connectivity index (χ0n) is 20.6. The Kier molecular flexibility index (Phi) is 6.98.